The van der Waals surface area contributed by atoms with Crippen LogP contribution in [0.15, 0.2) is 24.5 Å². The first-order valence-electron chi connectivity index (χ1n) is 11.0. The zero-order chi connectivity index (χ0) is 20.8. The monoisotopic (exact) mass is 406 g/mol. The van der Waals surface area contributed by atoms with Crippen molar-refractivity contribution in [2.45, 2.75) is 71.6 Å². The molecule has 0 N–H and O–H groups in total. The highest BCUT2D eigenvalue weighted by Gasteiger charge is 2.33. The number of allylic oxidation sites excluding steroid dienone is 1. The molecule has 0 radical (unpaired) electrons. The van der Waals surface area contributed by atoms with E-state index in [0.29, 0.717) is 5.92 Å². The Kier molecular flexibility index (Phi) is 7.68. The molecule has 2 aliphatic rings. The van der Waals surface area contributed by atoms with Crippen LogP contribution in [0.25, 0.3) is 0 Å². The maximum Gasteiger partial charge on any atom is 0.314 e. The van der Waals surface area contributed by atoms with Gasteiger partial charge < -0.3 is 9.47 Å². The van der Waals surface area contributed by atoms with Crippen molar-refractivity contribution in [3.8, 4) is 11.5 Å². The number of carbonyl (C=O) groups excluding carboxylic acids is 1. The second-order valence-electron chi connectivity index (χ2n) is 8.50. The van der Waals surface area contributed by atoms with Gasteiger partial charge in [-0.05, 0) is 75.3 Å². The molecule has 2 aliphatic carbocycles. The van der Waals surface area contributed by atoms with Crippen LogP contribution in [0.4, 0.5) is 8.78 Å². The molecule has 0 aliphatic heterocycles. The molecular weight excluding hydrogens is 374 g/mol. The fourth-order valence-corrected chi connectivity index (χ4v) is 4.91. The molecule has 0 unspecified atom stereocenters. The summed E-state index contributed by atoms with van der Waals surface area (Å²) in [5.41, 5.74) is 0. The fraction of sp³-hybridized carbons (Fsp3) is 0.625. The van der Waals surface area contributed by atoms with Crippen molar-refractivity contribution in [3.05, 3.63) is 36.1 Å². The maximum atomic E-state index is 14.2. The summed E-state index contributed by atoms with van der Waals surface area (Å²) in [7, 11) is 0. The molecule has 0 saturated heterocycles. The van der Waals surface area contributed by atoms with E-state index in [9.17, 15) is 13.6 Å². The molecule has 1 aromatic rings. The summed E-state index contributed by atoms with van der Waals surface area (Å²) in [5.74, 6) is -1.29. The zero-order valence-corrected chi connectivity index (χ0v) is 17.5. The van der Waals surface area contributed by atoms with Gasteiger partial charge >= 0.3 is 5.97 Å². The molecule has 29 heavy (non-hydrogen) atoms. The number of halogens is 2. The Balaban J connectivity index is 1.52. The van der Waals surface area contributed by atoms with Gasteiger partial charge in [0.1, 0.15) is 0 Å². The van der Waals surface area contributed by atoms with Crippen molar-refractivity contribution >= 4 is 5.97 Å². The van der Waals surface area contributed by atoms with Gasteiger partial charge in [-0.2, -0.15) is 8.78 Å². The van der Waals surface area contributed by atoms with E-state index in [4.69, 9.17) is 9.47 Å². The minimum atomic E-state index is -1.19. The molecule has 5 heteroatoms. The summed E-state index contributed by atoms with van der Waals surface area (Å²) >= 11 is 0. The number of hydrogen-bond donors (Lipinski definition) is 0. The van der Waals surface area contributed by atoms with Crippen LogP contribution in [0, 0.1) is 35.3 Å². The van der Waals surface area contributed by atoms with Crippen molar-refractivity contribution in [2.24, 2.45) is 23.7 Å². The molecule has 160 valence electrons. The standard InChI is InChI=1S/C24H32F2O3/c1-3-15-28-20-13-14-21(23(26)22(20)25)29-24(27)19-11-9-18(10-12-19)17-7-5-16(4-2)6-8-17/h3,13-19H,4-12H2,1-2H3. The molecule has 0 heterocycles. The molecule has 0 aromatic heterocycles. The molecule has 0 amide bonds. The molecule has 3 rings (SSSR count). The lowest BCUT2D eigenvalue weighted by Crippen LogP contribution is -2.30. The summed E-state index contributed by atoms with van der Waals surface area (Å²) in [5, 5.41) is 0. The van der Waals surface area contributed by atoms with Crippen LogP contribution in [0.2, 0.25) is 0 Å². The van der Waals surface area contributed by atoms with Crippen LogP contribution in [-0.4, -0.2) is 5.97 Å². The SMILES string of the molecule is CC=COc1ccc(OC(=O)C2CCC(C3CCC(CC)CC3)CC2)c(F)c1F. The number of rotatable bonds is 6. The highest BCUT2D eigenvalue weighted by atomic mass is 19.2. The average molecular weight is 407 g/mol. The first-order chi connectivity index (χ1) is 14.0. The second-order valence-corrected chi connectivity index (χ2v) is 8.50. The molecule has 2 saturated carbocycles. The number of hydrogen-bond acceptors (Lipinski definition) is 3. The van der Waals surface area contributed by atoms with Crippen molar-refractivity contribution in [1.82, 2.24) is 0 Å². The van der Waals surface area contributed by atoms with Gasteiger partial charge in [0.25, 0.3) is 0 Å². The van der Waals surface area contributed by atoms with Crippen molar-refractivity contribution in [2.75, 3.05) is 0 Å². The van der Waals surface area contributed by atoms with Gasteiger partial charge in [-0.1, -0.05) is 32.3 Å². The van der Waals surface area contributed by atoms with Crippen LogP contribution in [0.3, 0.4) is 0 Å². The van der Waals surface area contributed by atoms with Crippen molar-refractivity contribution < 1.29 is 23.0 Å². The Bertz CT molecular complexity index is 715. The maximum absolute atomic E-state index is 14.2. The Morgan fingerprint density at radius 3 is 2.10 bits per heavy atom. The van der Waals surface area contributed by atoms with E-state index in [1.54, 1.807) is 13.0 Å². The van der Waals surface area contributed by atoms with E-state index in [2.05, 4.69) is 6.92 Å². The van der Waals surface area contributed by atoms with Gasteiger partial charge in [0.15, 0.2) is 11.5 Å². The summed E-state index contributed by atoms with van der Waals surface area (Å²) in [6.45, 7) is 3.98. The summed E-state index contributed by atoms with van der Waals surface area (Å²) in [6, 6.07) is 2.51. The van der Waals surface area contributed by atoms with Gasteiger partial charge in [0.2, 0.25) is 11.6 Å². The molecular formula is C24H32F2O3. The third-order valence-electron chi connectivity index (χ3n) is 6.79. The van der Waals surface area contributed by atoms with E-state index in [1.807, 2.05) is 0 Å². The third-order valence-corrected chi connectivity index (χ3v) is 6.79. The van der Waals surface area contributed by atoms with Crippen molar-refractivity contribution in [1.29, 1.82) is 0 Å². The van der Waals surface area contributed by atoms with Crippen molar-refractivity contribution in [3.63, 3.8) is 0 Å². The third kappa shape index (κ3) is 5.37. The van der Waals surface area contributed by atoms with Crippen LogP contribution >= 0.6 is 0 Å². The highest BCUT2D eigenvalue weighted by molar-refractivity contribution is 5.75. The molecule has 0 atom stereocenters. The predicted octanol–water partition coefficient (Wildman–Crippen LogP) is 6.81. The topological polar surface area (TPSA) is 35.5 Å². The Morgan fingerprint density at radius 2 is 1.52 bits per heavy atom. The summed E-state index contributed by atoms with van der Waals surface area (Å²) < 4.78 is 38.5. The van der Waals surface area contributed by atoms with Crippen LogP contribution in [-0.2, 0) is 4.79 Å². The number of carbonyl (C=O) groups is 1. The van der Waals surface area contributed by atoms with E-state index in [1.165, 1.54) is 50.5 Å². The molecule has 3 nitrogen and oxygen atoms in total. The summed E-state index contributed by atoms with van der Waals surface area (Å²) in [4.78, 5) is 12.5. The first kappa shape index (κ1) is 21.8. The van der Waals surface area contributed by atoms with Crippen LogP contribution in [0.1, 0.15) is 71.6 Å². The van der Waals surface area contributed by atoms with E-state index < -0.39 is 17.6 Å². The molecule has 2 fully saturated rings. The lowest BCUT2D eigenvalue weighted by molar-refractivity contribution is -0.140. The van der Waals surface area contributed by atoms with E-state index in [-0.39, 0.29) is 17.4 Å². The predicted molar refractivity (Wildman–Crippen MR) is 109 cm³/mol. The van der Waals surface area contributed by atoms with E-state index >= 15 is 0 Å². The van der Waals surface area contributed by atoms with Gasteiger partial charge in [-0.15, -0.1) is 0 Å². The quantitative estimate of drug-likeness (QED) is 0.296. The highest BCUT2D eigenvalue weighted by Crippen LogP contribution is 2.42. The first-order valence-corrected chi connectivity index (χ1v) is 11.0. The second kappa shape index (κ2) is 10.2. The number of ether oxygens (including phenoxy) is 2. The lowest BCUT2D eigenvalue weighted by Gasteiger charge is -2.37. The molecule has 0 spiro atoms. The van der Waals surface area contributed by atoms with Crippen LogP contribution in [0.5, 0.6) is 11.5 Å². The number of benzene rings is 1. The van der Waals surface area contributed by atoms with Gasteiger partial charge in [0.05, 0.1) is 12.2 Å². The summed E-state index contributed by atoms with van der Waals surface area (Å²) in [6.07, 6.45) is 13.0. The number of esters is 1. The van der Waals surface area contributed by atoms with E-state index in [0.717, 1.165) is 37.5 Å². The van der Waals surface area contributed by atoms with Gasteiger partial charge in [0, 0.05) is 0 Å². The lowest BCUT2D eigenvalue weighted by atomic mass is 9.69. The minimum absolute atomic E-state index is 0.236. The fourth-order valence-electron chi connectivity index (χ4n) is 4.91. The van der Waals surface area contributed by atoms with Crippen LogP contribution < -0.4 is 9.47 Å². The zero-order valence-electron chi connectivity index (χ0n) is 17.5. The van der Waals surface area contributed by atoms with Gasteiger partial charge in [-0.3, -0.25) is 4.79 Å². The Labute approximate surface area is 172 Å². The Hall–Kier alpha value is -1.91. The average Bonchev–Trinajstić information content (AvgIpc) is 2.76. The Morgan fingerprint density at radius 1 is 0.966 bits per heavy atom. The smallest absolute Gasteiger partial charge is 0.314 e. The minimum Gasteiger partial charge on any atom is -0.462 e. The normalized spacial score (nSPS) is 27.7. The largest absolute Gasteiger partial charge is 0.462 e. The van der Waals surface area contributed by atoms with Gasteiger partial charge in [-0.25, -0.2) is 0 Å². The molecule has 0 bridgehead atoms. The molecule has 1 aromatic carbocycles.